The van der Waals surface area contributed by atoms with Crippen LogP contribution in [-0.4, -0.2) is 66.6 Å². The summed E-state index contributed by atoms with van der Waals surface area (Å²) in [7, 11) is 0. The van der Waals surface area contributed by atoms with Gasteiger partial charge in [-0.3, -0.25) is 19.8 Å². The van der Waals surface area contributed by atoms with Gasteiger partial charge in [0.05, 0.1) is 21.7 Å². The van der Waals surface area contributed by atoms with Crippen molar-refractivity contribution in [2.45, 2.75) is 19.8 Å². The Kier molecular flexibility index (Phi) is 7.91. The number of aromatic nitrogens is 1. The lowest BCUT2D eigenvalue weighted by molar-refractivity contribution is -0.384. The molecule has 1 amide bonds. The van der Waals surface area contributed by atoms with Gasteiger partial charge in [-0.25, -0.2) is 4.98 Å². The lowest BCUT2D eigenvalue weighted by atomic mass is 10.2. The van der Waals surface area contributed by atoms with E-state index in [1.165, 1.54) is 17.4 Å². The molecule has 2 aromatic carbocycles. The van der Waals surface area contributed by atoms with Gasteiger partial charge in [0.1, 0.15) is 5.75 Å². The van der Waals surface area contributed by atoms with E-state index in [9.17, 15) is 14.9 Å². The number of carbonyl (C=O) groups excluding carboxylic acids is 1. The summed E-state index contributed by atoms with van der Waals surface area (Å²) < 4.78 is 6.47. The molecule has 0 aliphatic carbocycles. The molecule has 1 aliphatic heterocycles. The number of nitro benzene ring substituents is 1. The number of carbonyl (C=O) groups is 1. The number of amides is 1. The molecule has 0 spiro atoms. The molecular weight excluding hydrogens is 454 g/mol. The lowest BCUT2D eigenvalue weighted by Gasteiger charge is -2.34. The standard InChI is InChI=1S/C24H29N5O4S/c1-2-3-16-33-20-7-4-18(5-8-20)23(30)25-10-11-27-12-14-28(15-13-27)24-26-21-9-6-19(29(31)32)17-22(21)34-24/h4-9,17H,2-3,10-16H2,1H3,(H,25,30). The zero-order chi connectivity index (χ0) is 23.9. The minimum Gasteiger partial charge on any atom is -0.494 e. The zero-order valence-electron chi connectivity index (χ0n) is 19.2. The van der Waals surface area contributed by atoms with Crippen molar-refractivity contribution >= 4 is 38.3 Å². The maximum atomic E-state index is 12.4. The fourth-order valence-corrected chi connectivity index (χ4v) is 4.83. The van der Waals surface area contributed by atoms with Crippen molar-refractivity contribution in [1.82, 2.24) is 15.2 Å². The first kappa shape index (κ1) is 23.9. The number of unbranched alkanes of at least 4 members (excludes halogenated alkanes) is 1. The van der Waals surface area contributed by atoms with E-state index in [2.05, 4.69) is 27.0 Å². The third-order valence-electron chi connectivity index (χ3n) is 5.81. The number of hydrogen-bond acceptors (Lipinski definition) is 8. The number of piperazine rings is 1. The van der Waals surface area contributed by atoms with Gasteiger partial charge in [0.25, 0.3) is 11.6 Å². The van der Waals surface area contributed by atoms with Crippen molar-refractivity contribution in [1.29, 1.82) is 0 Å². The van der Waals surface area contributed by atoms with Gasteiger partial charge in [-0.15, -0.1) is 0 Å². The maximum Gasteiger partial charge on any atom is 0.270 e. The fraction of sp³-hybridized carbons (Fsp3) is 0.417. The van der Waals surface area contributed by atoms with Gasteiger partial charge in [-0.1, -0.05) is 24.7 Å². The summed E-state index contributed by atoms with van der Waals surface area (Å²) in [4.78, 5) is 32.2. The number of nitrogens with zero attached hydrogens (tertiary/aromatic N) is 4. The summed E-state index contributed by atoms with van der Waals surface area (Å²) in [6, 6.07) is 12.0. The van der Waals surface area contributed by atoms with Crippen molar-refractivity contribution in [3.63, 3.8) is 0 Å². The highest BCUT2D eigenvalue weighted by molar-refractivity contribution is 7.22. The number of thiazole rings is 1. The van der Waals surface area contributed by atoms with Crippen LogP contribution in [0.2, 0.25) is 0 Å². The Labute approximate surface area is 202 Å². The number of nitro groups is 1. The number of fused-ring (bicyclic) bond motifs is 1. The molecule has 4 rings (SSSR count). The minimum absolute atomic E-state index is 0.0812. The van der Waals surface area contributed by atoms with Crippen LogP contribution in [0.15, 0.2) is 42.5 Å². The maximum absolute atomic E-state index is 12.4. The topological polar surface area (TPSA) is 101 Å². The molecule has 0 unspecified atom stereocenters. The molecule has 1 saturated heterocycles. The molecule has 0 bridgehead atoms. The van der Waals surface area contributed by atoms with Gasteiger partial charge in [0.15, 0.2) is 5.13 Å². The average Bonchev–Trinajstić information content (AvgIpc) is 3.28. The van der Waals surface area contributed by atoms with Crippen LogP contribution in [0, 0.1) is 10.1 Å². The molecule has 34 heavy (non-hydrogen) atoms. The highest BCUT2D eigenvalue weighted by atomic mass is 32.1. The summed E-state index contributed by atoms with van der Waals surface area (Å²) >= 11 is 1.49. The number of hydrogen-bond donors (Lipinski definition) is 1. The molecule has 0 radical (unpaired) electrons. The van der Waals surface area contributed by atoms with Gasteiger partial charge < -0.3 is 15.0 Å². The molecule has 9 nitrogen and oxygen atoms in total. The predicted octanol–water partition coefficient (Wildman–Crippen LogP) is 3.94. The minimum atomic E-state index is -0.380. The highest BCUT2D eigenvalue weighted by Crippen LogP contribution is 2.31. The van der Waals surface area contributed by atoms with Crippen LogP contribution in [0.25, 0.3) is 10.2 Å². The van der Waals surface area contributed by atoms with E-state index in [-0.39, 0.29) is 16.5 Å². The van der Waals surface area contributed by atoms with Crippen molar-refractivity contribution < 1.29 is 14.5 Å². The Bertz CT molecular complexity index is 1130. The molecule has 3 aromatic rings. The van der Waals surface area contributed by atoms with Gasteiger partial charge >= 0.3 is 0 Å². The third kappa shape index (κ3) is 6.00. The summed E-state index contributed by atoms with van der Waals surface area (Å²) in [5, 5.41) is 14.9. The molecular formula is C24H29N5O4S. The Hall–Kier alpha value is -3.24. The molecule has 1 aromatic heterocycles. The number of ether oxygens (including phenoxy) is 1. The van der Waals surface area contributed by atoms with E-state index in [1.54, 1.807) is 24.3 Å². The Morgan fingerprint density at radius 2 is 1.94 bits per heavy atom. The molecule has 1 N–H and O–H groups in total. The molecule has 1 aliphatic rings. The molecule has 1 fully saturated rings. The summed E-state index contributed by atoms with van der Waals surface area (Å²) in [5.74, 6) is 0.705. The van der Waals surface area contributed by atoms with E-state index in [0.717, 1.165) is 66.7 Å². The first-order chi connectivity index (χ1) is 16.5. The van der Waals surface area contributed by atoms with Crippen molar-refractivity contribution in [3.8, 4) is 5.75 Å². The molecule has 0 saturated carbocycles. The molecule has 2 heterocycles. The number of non-ortho nitro benzene ring substituents is 1. The largest absolute Gasteiger partial charge is 0.494 e. The van der Waals surface area contributed by atoms with Crippen LogP contribution >= 0.6 is 11.3 Å². The summed E-state index contributed by atoms with van der Waals surface area (Å²) in [6.45, 7) is 7.58. The van der Waals surface area contributed by atoms with Crippen LogP contribution in [0.1, 0.15) is 30.1 Å². The number of rotatable bonds is 10. The monoisotopic (exact) mass is 483 g/mol. The average molecular weight is 484 g/mol. The van der Waals surface area contributed by atoms with E-state index < -0.39 is 0 Å². The van der Waals surface area contributed by atoms with E-state index in [4.69, 9.17) is 4.74 Å². The van der Waals surface area contributed by atoms with Crippen LogP contribution < -0.4 is 15.0 Å². The predicted molar refractivity (Wildman–Crippen MR) is 134 cm³/mol. The normalized spacial score (nSPS) is 14.3. The van der Waals surface area contributed by atoms with Crippen molar-refractivity contribution in [2.75, 3.05) is 50.8 Å². The van der Waals surface area contributed by atoms with Gasteiger partial charge in [-0.2, -0.15) is 0 Å². The van der Waals surface area contributed by atoms with E-state index >= 15 is 0 Å². The lowest BCUT2D eigenvalue weighted by Crippen LogP contribution is -2.48. The second-order valence-corrected chi connectivity index (χ2v) is 9.23. The molecule has 180 valence electrons. The highest BCUT2D eigenvalue weighted by Gasteiger charge is 2.20. The van der Waals surface area contributed by atoms with Crippen LogP contribution in [-0.2, 0) is 0 Å². The van der Waals surface area contributed by atoms with E-state index in [1.807, 2.05) is 12.1 Å². The van der Waals surface area contributed by atoms with Gasteiger partial charge in [0.2, 0.25) is 0 Å². The Balaban J connectivity index is 1.20. The Morgan fingerprint density at radius 3 is 2.65 bits per heavy atom. The zero-order valence-corrected chi connectivity index (χ0v) is 20.1. The first-order valence-electron chi connectivity index (χ1n) is 11.6. The van der Waals surface area contributed by atoms with Gasteiger partial charge in [0, 0.05) is 57.0 Å². The Morgan fingerprint density at radius 1 is 1.18 bits per heavy atom. The van der Waals surface area contributed by atoms with Crippen LogP contribution in [0.4, 0.5) is 10.8 Å². The molecule has 0 atom stereocenters. The van der Waals surface area contributed by atoms with Crippen molar-refractivity contribution in [2.24, 2.45) is 0 Å². The molecule has 10 heteroatoms. The third-order valence-corrected chi connectivity index (χ3v) is 6.89. The summed E-state index contributed by atoms with van der Waals surface area (Å²) in [5.41, 5.74) is 1.51. The second-order valence-electron chi connectivity index (χ2n) is 8.22. The number of benzene rings is 2. The number of anilines is 1. The first-order valence-corrected chi connectivity index (χ1v) is 12.4. The SMILES string of the molecule is CCCCOc1ccc(C(=O)NCCN2CCN(c3nc4ccc([N+](=O)[O-])cc4s3)CC2)cc1. The van der Waals surface area contributed by atoms with Gasteiger partial charge in [-0.05, 0) is 36.8 Å². The second kappa shape index (κ2) is 11.3. The van der Waals surface area contributed by atoms with Crippen LogP contribution in [0.5, 0.6) is 5.75 Å². The summed E-state index contributed by atoms with van der Waals surface area (Å²) in [6.07, 6.45) is 2.10. The quantitative estimate of drug-likeness (QED) is 0.265. The fourth-order valence-electron chi connectivity index (χ4n) is 3.78. The number of nitrogens with one attached hydrogen (secondary N) is 1. The smallest absolute Gasteiger partial charge is 0.270 e. The van der Waals surface area contributed by atoms with Crippen LogP contribution in [0.3, 0.4) is 0 Å². The van der Waals surface area contributed by atoms with Crippen molar-refractivity contribution in [3.05, 3.63) is 58.1 Å². The van der Waals surface area contributed by atoms with E-state index in [0.29, 0.717) is 18.7 Å².